The average Bonchev–Trinajstić information content (AvgIpc) is 2.31. The van der Waals surface area contributed by atoms with Crippen molar-refractivity contribution in [2.75, 3.05) is 20.3 Å². The summed E-state index contributed by atoms with van der Waals surface area (Å²) in [4.78, 5) is 33.4. The van der Waals surface area contributed by atoms with E-state index in [2.05, 4.69) is 26.7 Å². The number of esters is 1. The number of hydrogen-bond acceptors (Lipinski definition) is 6. The molecule has 0 radical (unpaired) electrons. The van der Waals surface area contributed by atoms with Crippen LogP contribution in [0, 0.1) is 0 Å². The first-order valence-electron chi connectivity index (χ1n) is 5.00. The van der Waals surface area contributed by atoms with Gasteiger partial charge in [0.2, 0.25) is 5.91 Å². The van der Waals surface area contributed by atoms with Gasteiger partial charge in [-0.05, 0) is 6.92 Å². The second-order valence-electron chi connectivity index (χ2n) is 3.27. The van der Waals surface area contributed by atoms with Crippen molar-refractivity contribution in [3.05, 3.63) is 12.3 Å². The smallest absolute Gasteiger partial charge is 0.413 e. The van der Waals surface area contributed by atoms with E-state index in [-0.39, 0.29) is 12.3 Å². The molecule has 2 amide bonds. The summed E-state index contributed by atoms with van der Waals surface area (Å²) in [6, 6.07) is -1.11. The van der Waals surface area contributed by atoms with Crippen LogP contribution in [0.5, 0.6) is 0 Å². The van der Waals surface area contributed by atoms with Crippen molar-refractivity contribution in [2.45, 2.75) is 13.0 Å². The van der Waals surface area contributed by atoms with Gasteiger partial charge in [-0.3, -0.25) is 4.79 Å². The number of amides is 2. The summed E-state index contributed by atoms with van der Waals surface area (Å²) in [5.41, 5.74) is 0. The van der Waals surface area contributed by atoms with Crippen LogP contribution in [0.1, 0.15) is 6.92 Å². The first kappa shape index (κ1) is 15.9. The molecular weight excluding hydrogens is 244 g/mol. The molecule has 0 unspecified atom stereocenters. The molecule has 0 saturated heterocycles. The summed E-state index contributed by atoms with van der Waals surface area (Å²) in [5, 5.41) is 12.9. The number of hydrogen-bond donors (Lipinski definition) is 3. The van der Waals surface area contributed by atoms with E-state index in [1.54, 1.807) is 0 Å². The maximum Gasteiger partial charge on any atom is 0.413 e. The standard InChI is InChI=1S/C10H16N2O6/c1-6(2)18-10(16)12-7(9(15)17-3)4-11-8(14)5-13/h7,13H,1,4-5H2,2-3H3,(H,11,14)(H,12,16)/t7-/m0/s1. The molecule has 0 aromatic rings. The Kier molecular flexibility index (Phi) is 7.13. The highest BCUT2D eigenvalue weighted by molar-refractivity contribution is 5.83. The van der Waals surface area contributed by atoms with Crippen LogP contribution in [0.15, 0.2) is 12.3 Å². The van der Waals surface area contributed by atoms with E-state index in [9.17, 15) is 14.4 Å². The Bertz CT molecular complexity index is 341. The van der Waals surface area contributed by atoms with Gasteiger partial charge in [0, 0.05) is 6.54 Å². The highest BCUT2D eigenvalue weighted by atomic mass is 16.6. The van der Waals surface area contributed by atoms with Gasteiger partial charge in [0.15, 0.2) is 0 Å². The molecule has 0 bridgehead atoms. The summed E-state index contributed by atoms with van der Waals surface area (Å²) in [5.74, 6) is -1.29. The molecule has 102 valence electrons. The lowest BCUT2D eigenvalue weighted by molar-refractivity contribution is -0.143. The molecule has 0 aliphatic carbocycles. The molecule has 0 aromatic carbocycles. The largest absolute Gasteiger partial charge is 0.467 e. The highest BCUT2D eigenvalue weighted by Crippen LogP contribution is 1.94. The van der Waals surface area contributed by atoms with Crippen LogP contribution in [-0.2, 0) is 19.1 Å². The fourth-order valence-corrected chi connectivity index (χ4v) is 0.937. The number of aliphatic hydroxyl groups excluding tert-OH is 1. The van der Waals surface area contributed by atoms with Gasteiger partial charge in [0.05, 0.1) is 12.9 Å². The molecule has 0 aromatic heterocycles. The predicted molar refractivity (Wildman–Crippen MR) is 60.3 cm³/mol. The van der Waals surface area contributed by atoms with Crippen LogP contribution in [0.4, 0.5) is 4.79 Å². The Hall–Kier alpha value is -2.09. The van der Waals surface area contributed by atoms with Crippen molar-refractivity contribution in [2.24, 2.45) is 0 Å². The van der Waals surface area contributed by atoms with Crippen molar-refractivity contribution >= 4 is 18.0 Å². The van der Waals surface area contributed by atoms with Gasteiger partial charge in [-0.1, -0.05) is 6.58 Å². The first-order chi connectivity index (χ1) is 8.40. The minimum atomic E-state index is -1.11. The zero-order valence-corrected chi connectivity index (χ0v) is 10.2. The van der Waals surface area contributed by atoms with Crippen LogP contribution in [-0.4, -0.2) is 49.4 Å². The summed E-state index contributed by atoms with van der Waals surface area (Å²) in [7, 11) is 1.13. The molecule has 18 heavy (non-hydrogen) atoms. The third-order valence-corrected chi connectivity index (χ3v) is 1.69. The van der Waals surface area contributed by atoms with E-state index in [0.717, 1.165) is 7.11 Å². The molecule has 3 N–H and O–H groups in total. The van der Waals surface area contributed by atoms with Gasteiger partial charge in [0.25, 0.3) is 0 Å². The maximum absolute atomic E-state index is 11.3. The minimum absolute atomic E-state index is 0.149. The van der Waals surface area contributed by atoms with E-state index in [0.29, 0.717) is 0 Å². The monoisotopic (exact) mass is 260 g/mol. The molecule has 0 aliphatic heterocycles. The normalized spacial score (nSPS) is 11.1. The first-order valence-corrected chi connectivity index (χ1v) is 5.00. The number of rotatable bonds is 6. The maximum atomic E-state index is 11.3. The number of ether oxygens (including phenoxy) is 2. The van der Waals surface area contributed by atoms with Crippen LogP contribution in [0.3, 0.4) is 0 Å². The Morgan fingerprint density at radius 1 is 1.39 bits per heavy atom. The van der Waals surface area contributed by atoms with Crippen molar-refractivity contribution in [3.63, 3.8) is 0 Å². The Labute approximate surface area is 104 Å². The lowest BCUT2D eigenvalue weighted by Gasteiger charge is -2.16. The number of alkyl carbamates (subject to hydrolysis) is 1. The van der Waals surface area contributed by atoms with Gasteiger partial charge in [0.1, 0.15) is 12.6 Å². The molecule has 8 heteroatoms. The fraction of sp³-hybridized carbons (Fsp3) is 0.500. The fourth-order valence-electron chi connectivity index (χ4n) is 0.937. The Morgan fingerprint density at radius 3 is 2.44 bits per heavy atom. The number of nitrogens with one attached hydrogen (secondary N) is 2. The van der Waals surface area contributed by atoms with Crippen molar-refractivity contribution in [3.8, 4) is 0 Å². The number of carbonyl (C=O) groups is 3. The van der Waals surface area contributed by atoms with E-state index in [4.69, 9.17) is 5.11 Å². The van der Waals surface area contributed by atoms with Gasteiger partial charge in [-0.15, -0.1) is 0 Å². The topological polar surface area (TPSA) is 114 Å². The second kappa shape index (κ2) is 8.07. The number of aliphatic hydroxyl groups is 1. The van der Waals surface area contributed by atoms with Crippen molar-refractivity contribution in [1.82, 2.24) is 10.6 Å². The lowest BCUT2D eigenvalue weighted by Crippen LogP contribution is -2.49. The Balaban J connectivity index is 4.40. The zero-order chi connectivity index (χ0) is 14.1. The van der Waals surface area contributed by atoms with Crippen molar-refractivity contribution in [1.29, 1.82) is 0 Å². The minimum Gasteiger partial charge on any atom is -0.467 e. The molecule has 0 spiro atoms. The second-order valence-corrected chi connectivity index (χ2v) is 3.27. The van der Waals surface area contributed by atoms with E-state index in [1.165, 1.54) is 6.92 Å². The molecule has 8 nitrogen and oxygen atoms in total. The molecule has 1 atom stereocenters. The van der Waals surface area contributed by atoms with E-state index >= 15 is 0 Å². The summed E-state index contributed by atoms with van der Waals surface area (Å²) in [6.45, 7) is 3.87. The third kappa shape index (κ3) is 6.48. The van der Waals surface area contributed by atoms with Crippen LogP contribution < -0.4 is 10.6 Å². The molecule has 0 heterocycles. The molecule has 0 aliphatic rings. The zero-order valence-electron chi connectivity index (χ0n) is 10.2. The summed E-state index contributed by atoms with van der Waals surface area (Å²) >= 11 is 0. The molecular formula is C10H16N2O6. The molecule has 0 rings (SSSR count). The quantitative estimate of drug-likeness (QED) is 0.412. The Morgan fingerprint density at radius 2 is 2.00 bits per heavy atom. The summed E-state index contributed by atoms with van der Waals surface area (Å²) < 4.78 is 9.03. The van der Waals surface area contributed by atoms with Crippen molar-refractivity contribution < 1.29 is 29.0 Å². The van der Waals surface area contributed by atoms with Gasteiger partial charge >= 0.3 is 12.1 Å². The SMILES string of the molecule is C=C(C)OC(=O)N[C@@H](CNC(=O)CO)C(=O)OC. The average molecular weight is 260 g/mol. The summed E-state index contributed by atoms with van der Waals surface area (Å²) in [6.07, 6.45) is -0.892. The molecule has 0 fully saturated rings. The third-order valence-electron chi connectivity index (χ3n) is 1.69. The van der Waals surface area contributed by atoms with Gasteiger partial charge in [-0.2, -0.15) is 0 Å². The predicted octanol–water partition coefficient (Wildman–Crippen LogP) is -1.10. The highest BCUT2D eigenvalue weighted by Gasteiger charge is 2.22. The molecule has 0 saturated carbocycles. The van der Waals surface area contributed by atoms with Gasteiger partial charge in [-0.25, -0.2) is 9.59 Å². The lowest BCUT2D eigenvalue weighted by atomic mass is 10.3. The van der Waals surface area contributed by atoms with Crippen LogP contribution in [0.2, 0.25) is 0 Å². The van der Waals surface area contributed by atoms with E-state index < -0.39 is 30.6 Å². The number of methoxy groups -OCH3 is 1. The van der Waals surface area contributed by atoms with Crippen LogP contribution >= 0.6 is 0 Å². The number of allylic oxidation sites excluding steroid dienone is 1. The number of carbonyl (C=O) groups excluding carboxylic acids is 3. The van der Waals surface area contributed by atoms with E-state index in [1.807, 2.05) is 0 Å². The van der Waals surface area contributed by atoms with Crippen LogP contribution in [0.25, 0.3) is 0 Å². The van der Waals surface area contributed by atoms with Gasteiger partial charge < -0.3 is 25.2 Å².